The molecule has 7 nitrogen and oxygen atoms in total. The summed E-state index contributed by atoms with van der Waals surface area (Å²) < 4.78 is 7.00. The highest BCUT2D eigenvalue weighted by molar-refractivity contribution is 14.1. The minimum Gasteiger partial charge on any atom is -0.482 e. The third kappa shape index (κ3) is 7.55. The van der Waals surface area contributed by atoms with Gasteiger partial charge in [0.25, 0.3) is 0 Å². The molecule has 0 heterocycles. The number of rotatable bonds is 10. The molecule has 3 atom stereocenters. The summed E-state index contributed by atoms with van der Waals surface area (Å²) in [7, 11) is 0. The third-order valence-electron chi connectivity index (χ3n) is 5.76. The molecule has 0 radical (unpaired) electrons. The number of hydrogen-bond acceptors (Lipinski definition) is 5. The van der Waals surface area contributed by atoms with E-state index < -0.39 is 18.2 Å². The van der Waals surface area contributed by atoms with Gasteiger partial charge in [0.15, 0.2) is 0 Å². The van der Waals surface area contributed by atoms with E-state index in [4.69, 9.17) is 21.4 Å². The van der Waals surface area contributed by atoms with Crippen LogP contribution in [0.3, 0.4) is 0 Å². The summed E-state index contributed by atoms with van der Waals surface area (Å²) in [6, 6.07) is 13.8. The van der Waals surface area contributed by atoms with Gasteiger partial charge in [-0.05, 0) is 71.0 Å². The van der Waals surface area contributed by atoms with Crippen molar-refractivity contribution >= 4 is 46.0 Å². The number of nitrogens with one attached hydrogen (secondary N) is 1. The zero-order valence-electron chi connectivity index (χ0n) is 19.9. The number of nitrogens with zero attached hydrogens (tertiary/aromatic N) is 1. The number of aliphatic hydroxyl groups is 2. The number of amides is 2. The number of benzene rings is 2. The fraction of sp³-hybridized carbons (Fsp3) is 0.333. The molecule has 0 aliphatic heterocycles. The molecule has 1 aliphatic rings. The molecule has 3 rings (SSSR count). The molecule has 36 heavy (non-hydrogen) atoms. The van der Waals surface area contributed by atoms with E-state index >= 15 is 0 Å². The van der Waals surface area contributed by atoms with Crippen molar-refractivity contribution < 1.29 is 24.5 Å². The van der Waals surface area contributed by atoms with Gasteiger partial charge in [0.1, 0.15) is 18.0 Å². The van der Waals surface area contributed by atoms with Crippen LogP contribution in [-0.2, 0) is 16.1 Å². The SMILES string of the molecule is CCC=CC(=O)N(Cc1ccc(Cl)cc1)[C@@H]1CC(C(=O)NCCO)=C[C@H](Oc2ccccc2I)[C@H]1O. The molecule has 3 N–H and O–H groups in total. The average molecular weight is 625 g/mol. The van der Waals surface area contributed by atoms with Gasteiger partial charge in [0.2, 0.25) is 11.8 Å². The minimum absolute atomic E-state index is 0.0954. The minimum atomic E-state index is -1.10. The lowest BCUT2D eigenvalue weighted by Gasteiger charge is -2.40. The Labute approximate surface area is 229 Å². The van der Waals surface area contributed by atoms with Gasteiger partial charge in [-0.2, -0.15) is 0 Å². The molecule has 2 aromatic carbocycles. The Hall–Kier alpha value is -2.40. The normalized spacial score (nSPS) is 19.6. The summed E-state index contributed by atoms with van der Waals surface area (Å²) in [5, 5.41) is 23.8. The van der Waals surface area contributed by atoms with Gasteiger partial charge in [-0.15, -0.1) is 0 Å². The van der Waals surface area contributed by atoms with Crippen LogP contribution in [0.2, 0.25) is 5.02 Å². The molecule has 1 aliphatic carbocycles. The Morgan fingerprint density at radius 1 is 1.22 bits per heavy atom. The smallest absolute Gasteiger partial charge is 0.247 e. The quantitative estimate of drug-likeness (QED) is 0.276. The first-order valence-electron chi connectivity index (χ1n) is 11.7. The lowest BCUT2D eigenvalue weighted by atomic mass is 9.87. The number of ether oxygens (including phenoxy) is 1. The van der Waals surface area contributed by atoms with E-state index in [1.54, 1.807) is 35.3 Å². The summed E-state index contributed by atoms with van der Waals surface area (Å²) in [5.74, 6) is -0.0863. The molecule has 0 aromatic heterocycles. The Kier molecular flexibility index (Phi) is 10.8. The van der Waals surface area contributed by atoms with Crippen LogP contribution in [0.25, 0.3) is 0 Å². The Morgan fingerprint density at radius 2 is 1.94 bits per heavy atom. The van der Waals surface area contributed by atoms with Crippen molar-refractivity contribution in [2.75, 3.05) is 13.2 Å². The molecule has 0 fully saturated rings. The third-order valence-corrected chi connectivity index (χ3v) is 6.90. The monoisotopic (exact) mass is 624 g/mol. The van der Waals surface area contributed by atoms with E-state index in [2.05, 4.69) is 27.9 Å². The van der Waals surface area contributed by atoms with E-state index in [1.165, 1.54) is 6.08 Å². The average Bonchev–Trinajstić information content (AvgIpc) is 2.88. The van der Waals surface area contributed by atoms with E-state index in [0.717, 1.165) is 9.13 Å². The van der Waals surface area contributed by atoms with Gasteiger partial charge >= 0.3 is 0 Å². The number of para-hydroxylation sites is 1. The fourth-order valence-electron chi connectivity index (χ4n) is 3.93. The highest BCUT2D eigenvalue weighted by Gasteiger charge is 2.40. The molecule has 0 spiro atoms. The van der Waals surface area contributed by atoms with E-state index in [9.17, 15) is 14.7 Å². The molecule has 9 heteroatoms. The predicted molar refractivity (Wildman–Crippen MR) is 148 cm³/mol. The summed E-state index contributed by atoms with van der Waals surface area (Å²) in [4.78, 5) is 27.7. The predicted octanol–water partition coefficient (Wildman–Crippen LogP) is 3.86. The Bertz CT molecular complexity index is 1110. The highest BCUT2D eigenvalue weighted by atomic mass is 127. The molecular formula is C27H30ClIN2O5. The first kappa shape index (κ1) is 28.2. The molecule has 0 saturated heterocycles. The van der Waals surface area contributed by atoms with Crippen LogP contribution in [0.15, 0.2) is 72.3 Å². The zero-order chi connectivity index (χ0) is 26.1. The second-order valence-corrected chi connectivity index (χ2v) is 9.95. The summed E-state index contributed by atoms with van der Waals surface area (Å²) in [6.45, 7) is 2.04. The van der Waals surface area contributed by atoms with Crippen LogP contribution < -0.4 is 10.1 Å². The van der Waals surface area contributed by atoms with Gasteiger partial charge < -0.3 is 25.2 Å². The van der Waals surface area contributed by atoms with Crippen LogP contribution in [-0.4, -0.2) is 58.3 Å². The zero-order valence-corrected chi connectivity index (χ0v) is 22.9. The van der Waals surface area contributed by atoms with Crippen LogP contribution in [0, 0.1) is 3.57 Å². The van der Waals surface area contributed by atoms with E-state index in [1.807, 2.05) is 37.3 Å². The van der Waals surface area contributed by atoms with Gasteiger partial charge in [0, 0.05) is 30.1 Å². The lowest BCUT2D eigenvalue weighted by molar-refractivity contribution is -0.134. The van der Waals surface area contributed by atoms with Gasteiger partial charge in [-0.3, -0.25) is 9.59 Å². The lowest BCUT2D eigenvalue weighted by Crippen LogP contribution is -2.54. The van der Waals surface area contributed by atoms with Crippen molar-refractivity contribution in [2.45, 2.75) is 44.6 Å². The van der Waals surface area contributed by atoms with E-state index in [-0.39, 0.29) is 37.9 Å². The van der Waals surface area contributed by atoms with Crippen LogP contribution in [0.1, 0.15) is 25.3 Å². The molecule has 192 valence electrons. The fourth-order valence-corrected chi connectivity index (χ4v) is 4.57. The number of aliphatic hydroxyl groups excluding tert-OH is 2. The van der Waals surface area contributed by atoms with E-state index in [0.29, 0.717) is 22.8 Å². The Morgan fingerprint density at radius 3 is 2.61 bits per heavy atom. The Balaban J connectivity index is 1.98. The standard InChI is InChI=1S/C27H30ClIN2O5/c1-2-3-8-25(33)31(17-18-9-11-20(28)12-10-18)22-15-19(27(35)30-13-14-32)16-24(26(22)34)36-23-7-5-4-6-21(23)29/h3-12,16,22,24,26,32,34H,2,13-15,17H2,1H3,(H,30,35)/t22-,24+,26+/m1/s1. The molecule has 0 bridgehead atoms. The topological polar surface area (TPSA) is 99.1 Å². The highest BCUT2D eigenvalue weighted by Crippen LogP contribution is 2.30. The summed E-state index contributed by atoms with van der Waals surface area (Å²) in [5.41, 5.74) is 1.21. The van der Waals surface area contributed by atoms with Gasteiger partial charge in [0.05, 0.1) is 16.2 Å². The largest absolute Gasteiger partial charge is 0.482 e. The molecular weight excluding hydrogens is 595 g/mol. The summed E-state index contributed by atoms with van der Waals surface area (Å²) >= 11 is 8.18. The second kappa shape index (κ2) is 13.8. The van der Waals surface area contributed by atoms with Crippen molar-refractivity contribution in [1.82, 2.24) is 10.2 Å². The first-order chi connectivity index (χ1) is 17.3. The van der Waals surface area contributed by atoms with Crippen LogP contribution in [0.4, 0.5) is 0 Å². The summed E-state index contributed by atoms with van der Waals surface area (Å²) in [6.07, 6.45) is 3.69. The van der Waals surface area contributed by atoms with Crippen molar-refractivity contribution in [2.24, 2.45) is 0 Å². The van der Waals surface area contributed by atoms with Crippen molar-refractivity contribution in [3.63, 3.8) is 0 Å². The number of hydrogen-bond donors (Lipinski definition) is 3. The number of allylic oxidation sites excluding steroid dienone is 1. The van der Waals surface area contributed by atoms with Crippen molar-refractivity contribution in [3.8, 4) is 5.75 Å². The van der Waals surface area contributed by atoms with Crippen LogP contribution >= 0.6 is 34.2 Å². The maximum atomic E-state index is 13.3. The van der Waals surface area contributed by atoms with Gasteiger partial charge in [-0.25, -0.2) is 0 Å². The maximum Gasteiger partial charge on any atom is 0.247 e. The number of carbonyl (C=O) groups is 2. The second-order valence-electron chi connectivity index (χ2n) is 8.35. The van der Waals surface area contributed by atoms with Crippen LogP contribution in [0.5, 0.6) is 5.75 Å². The maximum absolute atomic E-state index is 13.3. The molecule has 2 amide bonds. The molecule has 0 saturated carbocycles. The first-order valence-corrected chi connectivity index (χ1v) is 13.2. The number of carbonyl (C=O) groups excluding carboxylic acids is 2. The molecule has 0 unspecified atom stereocenters. The van der Waals surface area contributed by atoms with Gasteiger partial charge in [-0.1, -0.05) is 48.9 Å². The number of halogens is 2. The van der Waals surface area contributed by atoms with Crippen molar-refractivity contribution in [1.29, 1.82) is 0 Å². The van der Waals surface area contributed by atoms with Crippen molar-refractivity contribution in [3.05, 3.63) is 86.5 Å². The molecule has 2 aromatic rings.